The van der Waals surface area contributed by atoms with Gasteiger partial charge in [0.2, 0.25) is 0 Å². The van der Waals surface area contributed by atoms with Crippen LogP contribution in [0.4, 0.5) is 5.82 Å². The molecule has 1 aromatic rings. The number of anilines is 1. The predicted molar refractivity (Wildman–Crippen MR) is 52.9 cm³/mol. The molecular formula is C10H15N3. The molecule has 1 N–H and O–H groups in total. The van der Waals surface area contributed by atoms with E-state index in [2.05, 4.69) is 22.2 Å². The predicted octanol–water partition coefficient (Wildman–Crippen LogP) is 2.09. The van der Waals surface area contributed by atoms with Gasteiger partial charge < -0.3 is 5.32 Å². The summed E-state index contributed by atoms with van der Waals surface area (Å²) in [5, 5.41) is 3.25. The fraction of sp³-hybridized carbons (Fsp3) is 0.600. The largest absolute Gasteiger partial charge is 0.370 e. The lowest BCUT2D eigenvalue weighted by molar-refractivity contribution is 0.914. The fourth-order valence-electron chi connectivity index (χ4n) is 1.34. The smallest absolute Gasteiger partial charge is 0.133 e. The van der Waals surface area contributed by atoms with Gasteiger partial charge in [-0.15, -0.1) is 0 Å². The van der Waals surface area contributed by atoms with Crippen molar-refractivity contribution < 1.29 is 0 Å². The van der Waals surface area contributed by atoms with Gasteiger partial charge in [-0.3, -0.25) is 0 Å². The highest BCUT2D eigenvalue weighted by atomic mass is 15.0. The second kappa shape index (κ2) is 3.32. The van der Waals surface area contributed by atoms with E-state index in [0.29, 0.717) is 5.92 Å². The molecule has 0 spiro atoms. The van der Waals surface area contributed by atoms with Crippen LogP contribution in [-0.4, -0.2) is 16.5 Å². The first kappa shape index (κ1) is 8.48. The van der Waals surface area contributed by atoms with Crippen molar-refractivity contribution in [3.8, 4) is 0 Å². The maximum absolute atomic E-state index is 4.50. The zero-order valence-corrected chi connectivity index (χ0v) is 8.17. The summed E-state index contributed by atoms with van der Waals surface area (Å²) in [5.41, 5.74) is 1.13. The first-order chi connectivity index (χ1) is 6.31. The average molecular weight is 177 g/mol. The monoisotopic (exact) mass is 177 g/mol. The van der Waals surface area contributed by atoms with E-state index in [-0.39, 0.29) is 0 Å². The van der Waals surface area contributed by atoms with Crippen molar-refractivity contribution in [3.05, 3.63) is 17.6 Å². The molecule has 1 saturated carbocycles. The minimum Gasteiger partial charge on any atom is -0.370 e. The van der Waals surface area contributed by atoms with Crippen LogP contribution in [0.1, 0.15) is 37.1 Å². The van der Waals surface area contributed by atoms with Crippen molar-refractivity contribution in [1.82, 2.24) is 9.97 Å². The van der Waals surface area contributed by atoms with Crippen LogP contribution in [0.5, 0.6) is 0 Å². The molecule has 13 heavy (non-hydrogen) atoms. The van der Waals surface area contributed by atoms with Crippen LogP contribution in [-0.2, 0) is 0 Å². The van der Waals surface area contributed by atoms with E-state index in [1.165, 1.54) is 12.8 Å². The van der Waals surface area contributed by atoms with Gasteiger partial charge in [0.15, 0.2) is 0 Å². The van der Waals surface area contributed by atoms with Gasteiger partial charge in [-0.05, 0) is 26.7 Å². The quantitative estimate of drug-likeness (QED) is 0.768. The van der Waals surface area contributed by atoms with Crippen molar-refractivity contribution in [2.24, 2.45) is 0 Å². The zero-order valence-electron chi connectivity index (χ0n) is 8.17. The Hall–Kier alpha value is -1.12. The Morgan fingerprint density at radius 2 is 2.31 bits per heavy atom. The summed E-state index contributed by atoms with van der Waals surface area (Å²) in [6, 6.07) is 0. The average Bonchev–Trinajstić information content (AvgIpc) is 2.92. The van der Waals surface area contributed by atoms with E-state index < -0.39 is 0 Å². The van der Waals surface area contributed by atoms with Crippen molar-refractivity contribution >= 4 is 5.82 Å². The summed E-state index contributed by atoms with van der Waals surface area (Å²) in [6.07, 6.45) is 4.43. The Morgan fingerprint density at radius 1 is 1.54 bits per heavy atom. The van der Waals surface area contributed by atoms with Gasteiger partial charge in [0.25, 0.3) is 0 Å². The first-order valence-electron chi connectivity index (χ1n) is 4.88. The Bertz CT molecular complexity index is 305. The molecule has 0 saturated heterocycles. The fourth-order valence-corrected chi connectivity index (χ4v) is 1.34. The summed E-state index contributed by atoms with van der Waals surface area (Å²) in [5.74, 6) is 2.65. The van der Waals surface area contributed by atoms with Crippen molar-refractivity contribution in [2.45, 2.75) is 32.6 Å². The molecule has 1 heterocycles. The third-order valence-corrected chi connectivity index (χ3v) is 2.28. The highest BCUT2D eigenvalue weighted by molar-refractivity contribution is 5.42. The van der Waals surface area contributed by atoms with E-state index in [1.54, 1.807) is 0 Å². The van der Waals surface area contributed by atoms with Gasteiger partial charge in [-0.2, -0.15) is 0 Å². The molecule has 1 aromatic heterocycles. The summed E-state index contributed by atoms with van der Waals surface area (Å²) in [4.78, 5) is 8.83. The lowest BCUT2D eigenvalue weighted by atomic mass is 10.3. The van der Waals surface area contributed by atoms with E-state index in [0.717, 1.165) is 23.8 Å². The van der Waals surface area contributed by atoms with Crippen LogP contribution in [0.25, 0.3) is 0 Å². The third-order valence-electron chi connectivity index (χ3n) is 2.28. The number of aryl methyl sites for hydroxylation is 1. The molecule has 1 aliphatic rings. The molecule has 1 aliphatic carbocycles. The number of hydrogen-bond donors (Lipinski definition) is 1. The summed E-state index contributed by atoms with van der Waals surface area (Å²) >= 11 is 0. The van der Waals surface area contributed by atoms with Crippen molar-refractivity contribution in [1.29, 1.82) is 0 Å². The molecular weight excluding hydrogens is 162 g/mol. The minimum absolute atomic E-state index is 0.637. The standard InChI is InChI=1S/C10H15N3/c1-3-11-9-7(2)6-12-10(13-9)8-4-5-8/h6,8H,3-5H2,1-2H3,(H,11,12,13). The summed E-state index contributed by atoms with van der Waals surface area (Å²) < 4.78 is 0. The molecule has 0 unspecified atom stereocenters. The molecule has 70 valence electrons. The molecule has 0 amide bonds. The molecule has 2 rings (SSSR count). The number of hydrogen-bond acceptors (Lipinski definition) is 3. The minimum atomic E-state index is 0.637. The van der Waals surface area contributed by atoms with E-state index in [1.807, 2.05) is 13.1 Å². The van der Waals surface area contributed by atoms with E-state index in [4.69, 9.17) is 0 Å². The molecule has 0 atom stereocenters. The number of rotatable bonds is 3. The maximum atomic E-state index is 4.50. The normalized spacial score (nSPS) is 15.8. The second-order valence-electron chi connectivity index (χ2n) is 3.56. The summed E-state index contributed by atoms with van der Waals surface area (Å²) in [7, 11) is 0. The van der Waals surface area contributed by atoms with Crippen molar-refractivity contribution in [3.63, 3.8) is 0 Å². The number of nitrogens with zero attached hydrogens (tertiary/aromatic N) is 2. The number of aromatic nitrogens is 2. The van der Waals surface area contributed by atoms with E-state index >= 15 is 0 Å². The SMILES string of the molecule is CCNc1nc(C2CC2)ncc1C. The molecule has 3 nitrogen and oxygen atoms in total. The molecule has 0 bridgehead atoms. The lowest BCUT2D eigenvalue weighted by Crippen LogP contribution is -2.04. The maximum Gasteiger partial charge on any atom is 0.133 e. The van der Waals surface area contributed by atoms with Crippen LogP contribution in [0.15, 0.2) is 6.20 Å². The molecule has 1 fully saturated rings. The van der Waals surface area contributed by atoms with Crippen LogP contribution >= 0.6 is 0 Å². The first-order valence-corrected chi connectivity index (χ1v) is 4.88. The summed E-state index contributed by atoms with van der Waals surface area (Å²) in [6.45, 7) is 5.04. The molecule has 0 aliphatic heterocycles. The number of nitrogens with one attached hydrogen (secondary N) is 1. The van der Waals surface area contributed by atoms with Crippen molar-refractivity contribution in [2.75, 3.05) is 11.9 Å². The Morgan fingerprint density at radius 3 is 2.92 bits per heavy atom. The van der Waals surface area contributed by atoms with Gasteiger partial charge >= 0.3 is 0 Å². The van der Waals surface area contributed by atoms with Gasteiger partial charge in [0, 0.05) is 24.2 Å². The van der Waals surface area contributed by atoms with Crippen LogP contribution in [0.2, 0.25) is 0 Å². The van der Waals surface area contributed by atoms with Crippen LogP contribution in [0.3, 0.4) is 0 Å². The second-order valence-corrected chi connectivity index (χ2v) is 3.56. The Balaban J connectivity index is 2.25. The highest BCUT2D eigenvalue weighted by Crippen LogP contribution is 2.38. The van der Waals surface area contributed by atoms with Gasteiger partial charge in [-0.25, -0.2) is 9.97 Å². The lowest BCUT2D eigenvalue weighted by Gasteiger charge is -2.06. The van der Waals surface area contributed by atoms with Crippen LogP contribution in [0, 0.1) is 6.92 Å². The van der Waals surface area contributed by atoms with E-state index in [9.17, 15) is 0 Å². The van der Waals surface area contributed by atoms with Gasteiger partial charge in [0.1, 0.15) is 11.6 Å². The molecule has 0 radical (unpaired) electrons. The van der Waals surface area contributed by atoms with Gasteiger partial charge in [-0.1, -0.05) is 0 Å². The molecule has 3 heteroatoms. The van der Waals surface area contributed by atoms with Crippen LogP contribution < -0.4 is 5.32 Å². The Labute approximate surface area is 78.6 Å². The Kier molecular flexibility index (Phi) is 2.17. The topological polar surface area (TPSA) is 37.8 Å². The zero-order chi connectivity index (χ0) is 9.26. The third kappa shape index (κ3) is 1.79. The molecule has 0 aromatic carbocycles. The van der Waals surface area contributed by atoms with Gasteiger partial charge in [0.05, 0.1) is 0 Å². The highest BCUT2D eigenvalue weighted by Gasteiger charge is 2.26.